The average Bonchev–Trinajstić information content (AvgIpc) is 3.06. The van der Waals surface area contributed by atoms with Crippen LogP contribution in [0.25, 0.3) is 0 Å². The molecule has 0 spiro atoms. The van der Waals surface area contributed by atoms with E-state index < -0.39 is 10.0 Å². The lowest BCUT2D eigenvalue weighted by atomic mass is 10.2. The minimum atomic E-state index is -3.63. The molecular weight excluding hydrogens is 296 g/mol. The minimum absolute atomic E-state index is 0.0201. The summed E-state index contributed by atoms with van der Waals surface area (Å²) in [6.45, 7) is 2.70. The molecule has 1 heterocycles. The van der Waals surface area contributed by atoms with E-state index in [1.807, 2.05) is 6.92 Å². The van der Waals surface area contributed by atoms with Crippen molar-refractivity contribution in [3.63, 3.8) is 0 Å². The van der Waals surface area contributed by atoms with Crippen molar-refractivity contribution in [1.29, 1.82) is 0 Å². The third kappa shape index (κ3) is 3.18. The normalized spacial score (nSPS) is 16.9. The van der Waals surface area contributed by atoms with E-state index in [-0.39, 0.29) is 22.6 Å². The average molecular weight is 316 g/mol. The number of aromatic nitrogens is 2. The Morgan fingerprint density at radius 2 is 2.20 bits per heavy atom. The van der Waals surface area contributed by atoms with E-state index in [1.54, 1.807) is 10.8 Å². The van der Waals surface area contributed by atoms with Gasteiger partial charge in [-0.1, -0.05) is 25.1 Å². The number of nitrogens with two attached hydrogens (primary N) is 1. The molecule has 0 aromatic carbocycles. The molecule has 0 amide bonds. The molecule has 0 atom stereocenters. The molecule has 112 valence electrons. The largest absolute Gasteiger partial charge is 0.392 e. The number of aryl methyl sites for hydroxylation is 1. The summed E-state index contributed by atoms with van der Waals surface area (Å²) in [5.41, 5.74) is 5.57. The Hall–Kier alpha value is -0.990. The van der Waals surface area contributed by atoms with Gasteiger partial charge in [0.15, 0.2) is 5.03 Å². The third-order valence-electron chi connectivity index (χ3n) is 3.59. The summed E-state index contributed by atoms with van der Waals surface area (Å²) in [6, 6.07) is -0.0201. The van der Waals surface area contributed by atoms with Crippen molar-refractivity contribution >= 4 is 27.2 Å². The van der Waals surface area contributed by atoms with E-state index in [2.05, 4.69) is 4.98 Å². The SMILES string of the molecule is CCn1cnc(S(=O)(=O)N(CC(N)=S)C2CCCC2)c1. The number of rotatable bonds is 6. The van der Waals surface area contributed by atoms with Crippen LogP contribution in [0.5, 0.6) is 0 Å². The van der Waals surface area contributed by atoms with Crippen molar-refractivity contribution in [1.82, 2.24) is 13.9 Å². The molecule has 20 heavy (non-hydrogen) atoms. The zero-order valence-corrected chi connectivity index (χ0v) is 13.2. The molecule has 1 aliphatic rings. The second-order valence-corrected chi connectivity index (χ2v) is 7.36. The molecule has 2 rings (SSSR count). The maximum atomic E-state index is 12.7. The van der Waals surface area contributed by atoms with Crippen molar-refractivity contribution in [3.8, 4) is 0 Å². The predicted octanol–water partition coefficient (Wildman–Crippen LogP) is 1.12. The van der Waals surface area contributed by atoms with Crippen LogP contribution in [-0.4, -0.2) is 39.8 Å². The van der Waals surface area contributed by atoms with Gasteiger partial charge in [-0.15, -0.1) is 0 Å². The first-order chi connectivity index (χ1) is 9.45. The van der Waals surface area contributed by atoms with Crippen LogP contribution >= 0.6 is 12.2 Å². The molecule has 6 nitrogen and oxygen atoms in total. The van der Waals surface area contributed by atoms with Crippen LogP contribution in [0.1, 0.15) is 32.6 Å². The Morgan fingerprint density at radius 1 is 1.55 bits per heavy atom. The van der Waals surface area contributed by atoms with Crippen molar-refractivity contribution in [2.45, 2.75) is 50.2 Å². The van der Waals surface area contributed by atoms with Crippen LogP contribution in [0.2, 0.25) is 0 Å². The topological polar surface area (TPSA) is 81.2 Å². The molecule has 1 aromatic heterocycles. The van der Waals surface area contributed by atoms with Crippen molar-refractivity contribution in [2.24, 2.45) is 5.73 Å². The Balaban J connectivity index is 2.32. The number of hydrogen-bond acceptors (Lipinski definition) is 4. The van der Waals surface area contributed by atoms with Gasteiger partial charge in [0.1, 0.15) is 0 Å². The molecule has 0 aliphatic heterocycles. The van der Waals surface area contributed by atoms with Crippen molar-refractivity contribution in [3.05, 3.63) is 12.5 Å². The fraction of sp³-hybridized carbons (Fsp3) is 0.667. The highest BCUT2D eigenvalue weighted by Crippen LogP contribution is 2.27. The van der Waals surface area contributed by atoms with Gasteiger partial charge in [0, 0.05) is 18.8 Å². The molecule has 1 fully saturated rings. The maximum absolute atomic E-state index is 12.7. The first kappa shape index (κ1) is 15.4. The van der Waals surface area contributed by atoms with Crippen LogP contribution in [0.3, 0.4) is 0 Å². The molecule has 0 bridgehead atoms. The molecule has 2 N–H and O–H groups in total. The van der Waals surface area contributed by atoms with Crippen molar-refractivity contribution < 1.29 is 8.42 Å². The summed E-state index contributed by atoms with van der Waals surface area (Å²) in [5.74, 6) is 0. The van der Waals surface area contributed by atoms with E-state index in [9.17, 15) is 8.42 Å². The fourth-order valence-electron chi connectivity index (χ4n) is 2.52. The molecule has 8 heteroatoms. The molecule has 0 radical (unpaired) electrons. The highest BCUT2D eigenvalue weighted by molar-refractivity contribution is 7.89. The number of nitrogens with zero attached hydrogens (tertiary/aromatic N) is 3. The first-order valence-electron chi connectivity index (χ1n) is 6.77. The summed E-state index contributed by atoms with van der Waals surface area (Å²) in [7, 11) is -3.63. The molecule has 1 aliphatic carbocycles. The Bertz CT molecular complexity index is 576. The molecule has 0 saturated heterocycles. The molecular formula is C12H20N4O2S2. The maximum Gasteiger partial charge on any atom is 0.262 e. The highest BCUT2D eigenvalue weighted by atomic mass is 32.2. The van der Waals surface area contributed by atoms with Gasteiger partial charge in [0.05, 0.1) is 17.9 Å². The summed E-state index contributed by atoms with van der Waals surface area (Å²) in [4.78, 5) is 4.20. The minimum Gasteiger partial charge on any atom is -0.392 e. The standard InChI is InChI=1S/C12H20N4O2S2/c1-2-15-8-12(14-9-15)20(17,18)16(7-11(13)19)10-5-3-4-6-10/h8-10H,2-7H2,1H3,(H2,13,19). The zero-order chi connectivity index (χ0) is 14.8. The lowest BCUT2D eigenvalue weighted by molar-refractivity contribution is 0.354. The van der Waals surface area contributed by atoms with Crippen LogP contribution in [0, 0.1) is 0 Å². The van der Waals surface area contributed by atoms with Crippen LogP contribution < -0.4 is 5.73 Å². The van der Waals surface area contributed by atoms with Gasteiger partial charge in [-0.3, -0.25) is 0 Å². The lowest BCUT2D eigenvalue weighted by Crippen LogP contribution is -2.43. The summed E-state index contributed by atoms with van der Waals surface area (Å²) >= 11 is 4.90. The van der Waals surface area contributed by atoms with Gasteiger partial charge in [0.2, 0.25) is 0 Å². The van der Waals surface area contributed by atoms with E-state index in [1.165, 1.54) is 10.6 Å². The summed E-state index contributed by atoms with van der Waals surface area (Å²) in [6.07, 6.45) is 6.87. The molecule has 1 aromatic rings. The number of sulfonamides is 1. The van der Waals surface area contributed by atoms with Gasteiger partial charge in [-0.2, -0.15) is 4.31 Å². The van der Waals surface area contributed by atoms with Gasteiger partial charge in [-0.05, 0) is 19.8 Å². The second-order valence-electron chi connectivity index (χ2n) is 5.00. The van der Waals surface area contributed by atoms with Crippen molar-refractivity contribution in [2.75, 3.05) is 6.54 Å². The van der Waals surface area contributed by atoms with Gasteiger partial charge >= 0.3 is 0 Å². The molecule has 1 saturated carbocycles. The van der Waals surface area contributed by atoms with Gasteiger partial charge in [0.25, 0.3) is 10.0 Å². The second kappa shape index (κ2) is 6.19. The van der Waals surface area contributed by atoms with Crippen LogP contribution in [0.4, 0.5) is 0 Å². The quantitative estimate of drug-likeness (QED) is 0.796. The van der Waals surface area contributed by atoms with Gasteiger partial charge < -0.3 is 10.3 Å². The van der Waals surface area contributed by atoms with Crippen LogP contribution in [0.15, 0.2) is 17.6 Å². The lowest BCUT2D eigenvalue weighted by Gasteiger charge is -2.26. The number of imidazole rings is 1. The van der Waals surface area contributed by atoms with Gasteiger partial charge in [-0.25, -0.2) is 13.4 Å². The number of hydrogen-bond donors (Lipinski definition) is 1. The van der Waals surface area contributed by atoms with E-state index in [0.717, 1.165) is 25.7 Å². The van der Waals surface area contributed by atoms with E-state index in [0.29, 0.717) is 6.54 Å². The van der Waals surface area contributed by atoms with E-state index >= 15 is 0 Å². The molecule has 0 unspecified atom stereocenters. The Morgan fingerprint density at radius 3 is 2.70 bits per heavy atom. The zero-order valence-electron chi connectivity index (χ0n) is 11.5. The monoisotopic (exact) mass is 316 g/mol. The first-order valence-corrected chi connectivity index (χ1v) is 8.62. The predicted molar refractivity (Wildman–Crippen MR) is 80.8 cm³/mol. The third-order valence-corrected chi connectivity index (χ3v) is 5.50. The van der Waals surface area contributed by atoms with Crippen LogP contribution in [-0.2, 0) is 16.6 Å². The Kier molecular flexibility index (Phi) is 4.77. The number of thiocarbonyl (C=S) groups is 1. The summed E-state index contributed by atoms with van der Waals surface area (Å²) in [5, 5.41) is 0.0718. The summed E-state index contributed by atoms with van der Waals surface area (Å²) < 4.78 is 28.6. The van der Waals surface area contributed by atoms with E-state index in [4.69, 9.17) is 18.0 Å². The fourth-order valence-corrected chi connectivity index (χ4v) is 4.34. The smallest absolute Gasteiger partial charge is 0.262 e. The Labute approximate surface area is 125 Å². The highest BCUT2D eigenvalue weighted by Gasteiger charge is 2.34.